The number of amides is 2. The number of carbonyl (C=O) groups excluding carboxylic acids is 1. The Kier molecular flexibility index (Phi) is 8.47. The Morgan fingerprint density at radius 2 is 1.82 bits per heavy atom. The second kappa shape index (κ2) is 11.1. The zero-order chi connectivity index (χ0) is 19.8. The minimum absolute atomic E-state index is 0.0912. The van der Waals surface area contributed by atoms with E-state index in [2.05, 4.69) is 17.1 Å². The smallest absolute Gasteiger partial charge is 0.317 e. The SMILES string of the molecule is CC1CCCCN1CCCN(Cc1ccc(Cl)cc1)C(=O)NC1CCCCC1. The lowest BCUT2D eigenvalue weighted by atomic mass is 9.96. The van der Waals surface area contributed by atoms with Gasteiger partial charge in [-0.1, -0.05) is 49.4 Å². The van der Waals surface area contributed by atoms with Crippen LogP contribution in [0.2, 0.25) is 5.02 Å². The summed E-state index contributed by atoms with van der Waals surface area (Å²) in [5.41, 5.74) is 1.13. The van der Waals surface area contributed by atoms with Crippen LogP contribution in [-0.2, 0) is 6.54 Å². The van der Waals surface area contributed by atoms with Gasteiger partial charge in [0.25, 0.3) is 0 Å². The molecule has 1 aromatic carbocycles. The fraction of sp³-hybridized carbons (Fsp3) is 0.696. The van der Waals surface area contributed by atoms with Crippen LogP contribution in [0.25, 0.3) is 0 Å². The van der Waals surface area contributed by atoms with Crippen LogP contribution in [0.15, 0.2) is 24.3 Å². The number of hydrogen-bond donors (Lipinski definition) is 1. The number of benzene rings is 1. The molecule has 0 spiro atoms. The van der Waals surface area contributed by atoms with Gasteiger partial charge in [-0.2, -0.15) is 0 Å². The first-order valence-corrected chi connectivity index (χ1v) is 11.5. The van der Waals surface area contributed by atoms with Crippen molar-refractivity contribution in [1.29, 1.82) is 0 Å². The Hall–Kier alpha value is -1.26. The zero-order valence-electron chi connectivity index (χ0n) is 17.3. The lowest BCUT2D eigenvalue weighted by molar-refractivity contribution is 0.147. The molecule has 4 nitrogen and oxygen atoms in total. The molecule has 1 atom stereocenters. The van der Waals surface area contributed by atoms with Crippen LogP contribution >= 0.6 is 11.6 Å². The summed E-state index contributed by atoms with van der Waals surface area (Å²) in [5.74, 6) is 0. The van der Waals surface area contributed by atoms with Crippen molar-refractivity contribution in [3.05, 3.63) is 34.9 Å². The molecule has 0 radical (unpaired) electrons. The highest BCUT2D eigenvalue weighted by atomic mass is 35.5. The number of nitrogens with zero attached hydrogens (tertiary/aromatic N) is 2. The molecule has 2 fully saturated rings. The Morgan fingerprint density at radius 1 is 1.11 bits per heavy atom. The van der Waals surface area contributed by atoms with Gasteiger partial charge in [0, 0.05) is 36.7 Å². The van der Waals surface area contributed by atoms with E-state index in [9.17, 15) is 4.79 Å². The van der Waals surface area contributed by atoms with Crippen LogP contribution in [0.3, 0.4) is 0 Å². The lowest BCUT2D eigenvalue weighted by Crippen LogP contribution is -2.46. The highest BCUT2D eigenvalue weighted by Gasteiger charge is 2.22. The number of nitrogens with one attached hydrogen (secondary N) is 1. The Balaban J connectivity index is 1.56. The van der Waals surface area contributed by atoms with Crippen molar-refractivity contribution in [2.45, 2.75) is 83.3 Å². The third-order valence-corrected chi connectivity index (χ3v) is 6.57. The van der Waals surface area contributed by atoms with E-state index in [4.69, 9.17) is 11.6 Å². The van der Waals surface area contributed by atoms with E-state index in [1.54, 1.807) is 0 Å². The monoisotopic (exact) mass is 405 g/mol. The molecular formula is C23H36ClN3O. The molecule has 1 saturated heterocycles. The molecule has 2 aliphatic rings. The molecular weight excluding hydrogens is 370 g/mol. The number of halogens is 1. The van der Waals surface area contributed by atoms with E-state index < -0.39 is 0 Å². The third-order valence-electron chi connectivity index (χ3n) is 6.32. The van der Waals surface area contributed by atoms with Crippen LogP contribution in [-0.4, -0.2) is 47.5 Å². The molecule has 156 valence electrons. The van der Waals surface area contributed by atoms with E-state index in [1.807, 2.05) is 29.2 Å². The average molecular weight is 406 g/mol. The average Bonchev–Trinajstić information content (AvgIpc) is 2.71. The van der Waals surface area contributed by atoms with Gasteiger partial charge in [0.05, 0.1) is 0 Å². The van der Waals surface area contributed by atoms with Crippen LogP contribution in [0, 0.1) is 0 Å². The van der Waals surface area contributed by atoms with Crippen LogP contribution in [0.1, 0.15) is 70.3 Å². The first-order valence-electron chi connectivity index (χ1n) is 11.2. The number of rotatable bonds is 7. The molecule has 1 aliphatic heterocycles. The van der Waals surface area contributed by atoms with E-state index in [0.717, 1.165) is 42.9 Å². The minimum Gasteiger partial charge on any atom is -0.335 e. The van der Waals surface area contributed by atoms with Crippen LogP contribution in [0.4, 0.5) is 4.79 Å². The number of carbonyl (C=O) groups is 1. The van der Waals surface area contributed by atoms with Crippen molar-refractivity contribution in [3.8, 4) is 0 Å². The summed E-state index contributed by atoms with van der Waals surface area (Å²) in [7, 11) is 0. The predicted molar refractivity (Wildman–Crippen MR) is 117 cm³/mol. The van der Waals surface area contributed by atoms with Crippen LogP contribution in [0.5, 0.6) is 0 Å². The minimum atomic E-state index is 0.0912. The summed E-state index contributed by atoms with van der Waals surface area (Å²) >= 11 is 6.02. The van der Waals surface area contributed by atoms with E-state index in [-0.39, 0.29) is 6.03 Å². The first kappa shape index (κ1) is 21.4. The van der Waals surface area contributed by atoms with E-state index >= 15 is 0 Å². The second-order valence-corrected chi connectivity index (χ2v) is 9.00. The number of hydrogen-bond acceptors (Lipinski definition) is 2. The molecule has 1 aromatic rings. The van der Waals surface area contributed by atoms with Crippen molar-refractivity contribution < 1.29 is 4.79 Å². The van der Waals surface area contributed by atoms with Gasteiger partial charge in [0.1, 0.15) is 0 Å². The Bertz CT molecular complexity index is 600. The van der Waals surface area contributed by atoms with Gasteiger partial charge in [0.2, 0.25) is 0 Å². The van der Waals surface area contributed by atoms with Crippen molar-refractivity contribution in [2.24, 2.45) is 0 Å². The van der Waals surface area contributed by atoms with E-state index in [0.29, 0.717) is 18.6 Å². The highest BCUT2D eigenvalue weighted by molar-refractivity contribution is 6.30. The summed E-state index contributed by atoms with van der Waals surface area (Å²) in [6.45, 7) is 6.05. The number of likely N-dealkylation sites (tertiary alicyclic amines) is 1. The molecule has 3 rings (SSSR count). The van der Waals surface area contributed by atoms with Crippen molar-refractivity contribution in [3.63, 3.8) is 0 Å². The fourth-order valence-electron chi connectivity index (χ4n) is 4.53. The molecule has 1 aliphatic carbocycles. The summed E-state index contributed by atoms with van der Waals surface area (Å²) in [6.07, 6.45) is 11.0. The van der Waals surface area contributed by atoms with Gasteiger partial charge in [-0.15, -0.1) is 0 Å². The fourth-order valence-corrected chi connectivity index (χ4v) is 4.66. The molecule has 1 N–H and O–H groups in total. The number of urea groups is 1. The summed E-state index contributed by atoms with van der Waals surface area (Å²) in [5, 5.41) is 4.03. The predicted octanol–water partition coefficient (Wildman–Crippen LogP) is 5.45. The maximum Gasteiger partial charge on any atom is 0.317 e. The molecule has 1 unspecified atom stereocenters. The molecule has 2 amide bonds. The van der Waals surface area contributed by atoms with Gasteiger partial charge in [-0.3, -0.25) is 0 Å². The molecule has 28 heavy (non-hydrogen) atoms. The van der Waals surface area contributed by atoms with Gasteiger partial charge < -0.3 is 15.1 Å². The maximum absolute atomic E-state index is 13.0. The Labute approximate surface area is 175 Å². The molecule has 0 bridgehead atoms. The Morgan fingerprint density at radius 3 is 2.54 bits per heavy atom. The van der Waals surface area contributed by atoms with Gasteiger partial charge in [-0.05, 0) is 63.3 Å². The van der Waals surface area contributed by atoms with Crippen LogP contribution < -0.4 is 5.32 Å². The van der Waals surface area contributed by atoms with Crippen molar-refractivity contribution >= 4 is 17.6 Å². The quantitative estimate of drug-likeness (QED) is 0.654. The third kappa shape index (κ3) is 6.66. The normalized spacial score (nSPS) is 21.4. The van der Waals surface area contributed by atoms with Gasteiger partial charge in [0.15, 0.2) is 0 Å². The molecule has 0 aromatic heterocycles. The number of piperidine rings is 1. The molecule has 1 saturated carbocycles. The first-order chi connectivity index (χ1) is 13.6. The molecule has 1 heterocycles. The summed E-state index contributed by atoms with van der Waals surface area (Å²) in [4.78, 5) is 17.6. The maximum atomic E-state index is 13.0. The lowest BCUT2D eigenvalue weighted by Gasteiger charge is -2.34. The molecule has 5 heteroatoms. The highest BCUT2D eigenvalue weighted by Crippen LogP contribution is 2.19. The van der Waals surface area contributed by atoms with Gasteiger partial charge in [-0.25, -0.2) is 4.79 Å². The zero-order valence-corrected chi connectivity index (χ0v) is 18.1. The second-order valence-electron chi connectivity index (χ2n) is 8.57. The van der Waals surface area contributed by atoms with Crippen molar-refractivity contribution in [2.75, 3.05) is 19.6 Å². The topological polar surface area (TPSA) is 35.6 Å². The summed E-state index contributed by atoms with van der Waals surface area (Å²) in [6, 6.07) is 8.97. The largest absolute Gasteiger partial charge is 0.335 e. The van der Waals surface area contributed by atoms with E-state index in [1.165, 1.54) is 45.1 Å². The van der Waals surface area contributed by atoms with Crippen molar-refractivity contribution in [1.82, 2.24) is 15.1 Å². The standard InChI is InChI=1S/C23H36ClN3O/c1-19-8-5-6-15-26(19)16-7-17-27(18-20-11-13-21(24)14-12-20)23(28)25-22-9-3-2-4-10-22/h11-14,19,22H,2-10,15-18H2,1H3,(H,25,28). The van der Waals surface area contributed by atoms with Gasteiger partial charge >= 0.3 is 6.03 Å². The summed E-state index contributed by atoms with van der Waals surface area (Å²) < 4.78 is 0.